The van der Waals surface area contributed by atoms with Gasteiger partial charge >= 0.3 is 17.9 Å². The van der Waals surface area contributed by atoms with Crippen LogP contribution in [0.5, 0.6) is 0 Å². The van der Waals surface area contributed by atoms with E-state index in [-0.39, 0.29) is 31.1 Å². The fourth-order valence-corrected chi connectivity index (χ4v) is 6.50. The molecule has 0 heterocycles. The molecule has 0 N–H and O–H groups in total. The lowest BCUT2D eigenvalue weighted by atomic mass is 10.0. The molecular weight excluding hydrogens is 624 g/mol. The quantitative estimate of drug-likeness (QED) is 0.0358. The van der Waals surface area contributed by atoms with Gasteiger partial charge in [0.1, 0.15) is 13.2 Å². The second kappa shape index (κ2) is 40.2. The monoisotopic (exact) mass is 709 g/mol. The predicted octanol–water partition coefficient (Wildman–Crippen LogP) is 13.7. The van der Waals surface area contributed by atoms with Gasteiger partial charge in [0.15, 0.2) is 6.10 Å². The van der Waals surface area contributed by atoms with Crippen molar-refractivity contribution >= 4 is 17.9 Å². The minimum atomic E-state index is -0.756. The first-order valence-corrected chi connectivity index (χ1v) is 22.0. The molecule has 0 aliphatic heterocycles. The third kappa shape index (κ3) is 37.7. The number of unbranched alkanes of at least 4 members (excludes halogenated alkanes) is 29. The zero-order valence-corrected chi connectivity index (χ0v) is 33.7. The van der Waals surface area contributed by atoms with E-state index in [0.717, 1.165) is 57.8 Å². The summed E-state index contributed by atoms with van der Waals surface area (Å²) in [5.74, 6) is -0.862. The second-order valence-electron chi connectivity index (χ2n) is 15.0. The Kier molecular flexibility index (Phi) is 38.9. The van der Waals surface area contributed by atoms with E-state index in [9.17, 15) is 14.4 Å². The number of hydrogen-bond acceptors (Lipinski definition) is 6. The fraction of sp³-hybridized carbons (Fsp3) is 0.932. The summed E-state index contributed by atoms with van der Waals surface area (Å²) in [5, 5.41) is 0. The first-order valence-electron chi connectivity index (χ1n) is 22.0. The number of carbonyl (C=O) groups excluding carboxylic acids is 3. The summed E-state index contributed by atoms with van der Waals surface area (Å²) in [6.07, 6.45) is 39.5. The van der Waals surface area contributed by atoms with E-state index in [4.69, 9.17) is 14.2 Å². The van der Waals surface area contributed by atoms with Gasteiger partial charge in [-0.05, 0) is 19.3 Å². The molecule has 0 rings (SSSR count). The van der Waals surface area contributed by atoms with Crippen LogP contribution in [-0.4, -0.2) is 37.2 Å². The van der Waals surface area contributed by atoms with Gasteiger partial charge in [-0.1, -0.05) is 207 Å². The Hall–Kier alpha value is -1.59. The first-order chi connectivity index (χ1) is 24.5. The van der Waals surface area contributed by atoms with E-state index in [1.165, 1.54) is 148 Å². The lowest BCUT2D eigenvalue weighted by Gasteiger charge is -2.18. The van der Waals surface area contributed by atoms with Gasteiger partial charge in [0.25, 0.3) is 0 Å². The normalized spacial score (nSPS) is 11.8. The van der Waals surface area contributed by atoms with Crippen molar-refractivity contribution in [3.05, 3.63) is 0 Å². The molecule has 50 heavy (non-hydrogen) atoms. The molecule has 0 radical (unpaired) electrons. The number of ether oxygens (including phenoxy) is 3. The lowest BCUT2D eigenvalue weighted by molar-refractivity contribution is -0.167. The molecule has 0 fully saturated rings. The maximum atomic E-state index is 12.6. The van der Waals surface area contributed by atoms with Crippen molar-refractivity contribution in [2.45, 2.75) is 252 Å². The van der Waals surface area contributed by atoms with Crippen molar-refractivity contribution in [2.24, 2.45) is 0 Å². The van der Waals surface area contributed by atoms with Crippen LogP contribution in [0.15, 0.2) is 0 Å². The molecule has 0 saturated heterocycles. The minimum absolute atomic E-state index is 0.0636. The Labute approximate surface area is 310 Å². The van der Waals surface area contributed by atoms with E-state index >= 15 is 0 Å². The van der Waals surface area contributed by atoms with Gasteiger partial charge in [0.2, 0.25) is 0 Å². The van der Waals surface area contributed by atoms with Crippen molar-refractivity contribution in [2.75, 3.05) is 13.2 Å². The van der Waals surface area contributed by atoms with Gasteiger partial charge in [-0.3, -0.25) is 14.4 Å². The highest BCUT2D eigenvalue weighted by Crippen LogP contribution is 2.15. The van der Waals surface area contributed by atoms with E-state index in [2.05, 4.69) is 20.8 Å². The van der Waals surface area contributed by atoms with Crippen molar-refractivity contribution in [1.82, 2.24) is 0 Å². The third-order valence-corrected chi connectivity index (χ3v) is 9.86. The Bertz CT molecular complexity index is 738. The molecule has 0 aliphatic carbocycles. The van der Waals surface area contributed by atoms with Crippen LogP contribution in [0, 0.1) is 0 Å². The molecule has 0 aromatic carbocycles. The maximum absolute atomic E-state index is 12.6. The highest BCUT2D eigenvalue weighted by Gasteiger charge is 2.19. The summed E-state index contributed by atoms with van der Waals surface area (Å²) in [6.45, 7) is 6.60. The fourth-order valence-electron chi connectivity index (χ4n) is 6.50. The SMILES string of the molecule is CCCCCCCCCCCCCCCCCC(=O)OC[C@H](COC(=O)CCCCCCCCCCCC)OC(=O)CCCCCCCCC. The van der Waals surface area contributed by atoms with Crippen molar-refractivity contribution in [3.8, 4) is 0 Å². The van der Waals surface area contributed by atoms with Crippen LogP contribution < -0.4 is 0 Å². The first kappa shape index (κ1) is 48.4. The average Bonchev–Trinajstić information content (AvgIpc) is 3.11. The molecule has 296 valence electrons. The molecule has 0 bridgehead atoms. The molecule has 0 unspecified atom stereocenters. The summed E-state index contributed by atoms with van der Waals surface area (Å²) >= 11 is 0. The Balaban J connectivity index is 4.22. The van der Waals surface area contributed by atoms with Gasteiger partial charge < -0.3 is 14.2 Å². The Morgan fingerprint density at radius 2 is 0.540 bits per heavy atom. The summed E-state index contributed by atoms with van der Waals surface area (Å²) in [5.41, 5.74) is 0. The largest absolute Gasteiger partial charge is 0.462 e. The Morgan fingerprint density at radius 3 is 0.800 bits per heavy atom. The maximum Gasteiger partial charge on any atom is 0.306 e. The van der Waals surface area contributed by atoms with E-state index in [1.807, 2.05) is 0 Å². The number of rotatable bonds is 40. The number of carbonyl (C=O) groups is 3. The van der Waals surface area contributed by atoms with Gasteiger partial charge in [-0.15, -0.1) is 0 Å². The van der Waals surface area contributed by atoms with Crippen LogP contribution in [0.1, 0.15) is 245 Å². The van der Waals surface area contributed by atoms with Crippen LogP contribution in [0.25, 0.3) is 0 Å². The summed E-state index contributed by atoms with van der Waals surface area (Å²) < 4.78 is 16.6. The second-order valence-corrected chi connectivity index (χ2v) is 15.0. The van der Waals surface area contributed by atoms with Crippen molar-refractivity contribution < 1.29 is 28.6 Å². The van der Waals surface area contributed by atoms with Crippen LogP contribution in [-0.2, 0) is 28.6 Å². The standard InChI is InChI=1S/C44H84O6/c1-4-7-10-13-16-18-20-21-22-23-24-26-29-31-34-37-43(46)49-40-41(50-44(47)38-35-32-27-15-12-9-6-3)39-48-42(45)36-33-30-28-25-19-17-14-11-8-5-2/h41H,4-40H2,1-3H3/t41-/m0/s1. The lowest BCUT2D eigenvalue weighted by Crippen LogP contribution is -2.30. The van der Waals surface area contributed by atoms with E-state index in [1.54, 1.807) is 0 Å². The third-order valence-electron chi connectivity index (χ3n) is 9.86. The van der Waals surface area contributed by atoms with Gasteiger partial charge in [0, 0.05) is 19.3 Å². The average molecular weight is 709 g/mol. The number of hydrogen-bond donors (Lipinski definition) is 0. The van der Waals surface area contributed by atoms with Crippen molar-refractivity contribution in [1.29, 1.82) is 0 Å². The molecule has 1 atom stereocenters. The number of esters is 3. The highest BCUT2D eigenvalue weighted by atomic mass is 16.6. The van der Waals surface area contributed by atoms with Gasteiger partial charge in [-0.2, -0.15) is 0 Å². The highest BCUT2D eigenvalue weighted by molar-refractivity contribution is 5.71. The zero-order chi connectivity index (χ0) is 36.6. The Morgan fingerprint density at radius 1 is 0.320 bits per heavy atom. The van der Waals surface area contributed by atoms with Crippen LogP contribution in [0.3, 0.4) is 0 Å². The van der Waals surface area contributed by atoms with Crippen LogP contribution in [0.2, 0.25) is 0 Å². The predicted molar refractivity (Wildman–Crippen MR) is 210 cm³/mol. The molecule has 0 spiro atoms. The molecule has 6 nitrogen and oxygen atoms in total. The van der Waals surface area contributed by atoms with Gasteiger partial charge in [0.05, 0.1) is 0 Å². The topological polar surface area (TPSA) is 78.9 Å². The molecule has 0 saturated carbocycles. The summed E-state index contributed by atoms with van der Waals surface area (Å²) in [6, 6.07) is 0. The minimum Gasteiger partial charge on any atom is -0.462 e. The molecule has 6 heteroatoms. The van der Waals surface area contributed by atoms with Crippen LogP contribution >= 0.6 is 0 Å². The van der Waals surface area contributed by atoms with E-state index < -0.39 is 6.10 Å². The molecule has 0 aromatic rings. The molecule has 0 aliphatic rings. The van der Waals surface area contributed by atoms with Gasteiger partial charge in [-0.25, -0.2) is 0 Å². The van der Waals surface area contributed by atoms with Crippen LogP contribution in [0.4, 0.5) is 0 Å². The van der Waals surface area contributed by atoms with Crippen molar-refractivity contribution in [3.63, 3.8) is 0 Å². The molecule has 0 amide bonds. The summed E-state index contributed by atoms with van der Waals surface area (Å²) in [4.78, 5) is 37.5. The van der Waals surface area contributed by atoms with E-state index in [0.29, 0.717) is 19.3 Å². The summed E-state index contributed by atoms with van der Waals surface area (Å²) in [7, 11) is 0. The smallest absolute Gasteiger partial charge is 0.306 e. The molecule has 0 aromatic heterocycles. The molecular formula is C44H84O6. The zero-order valence-electron chi connectivity index (χ0n) is 33.7.